The third-order valence-electron chi connectivity index (χ3n) is 4.45. The zero-order valence-electron chi connectivity index (χ0n) is 13.8. The minimum atomic E-state index is -0.985. The van der Waals surface area contributed by atoms with Gasteiger partial charge >= 0.3 is 5.97 Å². The van der Waals surface area contributed by atoms with Gasteiger partial charge in [0.2, 0.25) is 5.91 Å². The molecule has 24 heavy (non-hydrogen) atoms. The highest BCUT2D eigenvalue weighted by atomic mass is 16.5. The number of rotatable bonds is 6. The van der Waals surface area contributed by atoms with Crippen molar-refractivity contribution in [1.82, 2.24) is 0 Å². The Balaban J connectivity index is 2.16. The van der Waals surface area contributed by atoms with Crippen LogP contribution in [0.2, 0.25) is 0 Å². The molecular weight excluding hydrogens is 308 g/mol. The summed E-state index contributed by atoms with van der Waals surface area (Å²) in [5, 5.41) is 21.3. The van der Waals surface area contributed by atoms with Gasteiger partial charge in [0, 0.05) is 6.42 Å². The summed E-state index contributed by atoms with van der Waals surface area (Å²) < 4.78 is 5.46. The zero-order chi connectivity index (χ0) is 17.6. The van der Waals surface area contributed by atoms with E-state index in [-0.39, 0.29) is 12.3 Å². The lowest BCUT2D eigenvalue weighted by molar-refractivity contribution is -0.153. The van der Waals surface area contributed by atoms with Crippen molar-refractivity contribution in [1.29, 1.82) is 5.26 Å². The molecule has 2 N–H and O–H groups in total. The molecule has 1 aromatic rings. The fourth-order valence-electron chi connectivity index (χ4n) is 3.18. The number of carbonyl (C=O) groups is 2. The van der Waals surface area contributed by atoms with Crippen LogP contribution in [0.5, 0.6) is 5.75 Å². The highest BCUT2D eigenvalue weighted by Gasteiger charge is 2.41. The van der Waals surface area contributed by atoms with E-state index in [4.69, 9.17) is 10.00 Å². The topological polar surface area (TPSA) is 99.4 Å². The van der Waals surface area contributed by atoms with Crippen LogP contribution in [0.4, 0.5) is 5.69 Å². The highest BCUT2D eigenvalue weighted by molar-refractivity contribution is 5.95. The van der Waals surface area contributed by atoms with E-state index < -0.39 is 11.4 Å². The Labute approximate surface area is 141 Å². The monoisotopic (exact) mass is 330 g/mol. The quantitative estimate of drug-likeness (QED) is 0.833. The lowest BCUT2D eigenvalue weighted by atomic mass is 9.71. The SMILES string of the molecule is CCOc1ccc(C#N)cc1NC(=O)CC1(C(=O)O)CCCCC1. The lowest BCUT2D eigenvalue weighted by Crippen LogP contribution is -2.37. The zero-order valence-corrected chi connectivity index (χ0v) is 13.8. The van der Waals surface area contributed by atoms with Crippen molar-refractivity contribution in [3.8, 4) is 11.8 Å². The summed E-state index contributed by atoms with van der Waals surface area (Å²) in [7, 11) is 0. The predicted molar refractivity (Wildman–Crippen MR) is 88.7 cm³/mol. The van der Waals surface area contributed by atoms with Crippen molar-refractivity contribution in [2.24, 2.45) is 5.41 Å². The minimum absolute atomic E-state index is 0.0648. The number of nitrogens with one attached hydrogen (secondary N) is 1. The Morgan fingerprint density at radius 3 is 2.62 bits per heavy atom. The summed E-state index contributed by atoms with van der Waals surface area (Å²) >= 11 is 0. The van der Waals surface area contributed by atoms with Gasteiger partial charge in [-0.3, -0.25) is 9.59 Å². The van der Waals surface area contributed by atoms with Crippen LogP contribution in [0, 0.1) is 16.7 Å². The van der Waals surface area contributed by atoms with Crippen LogP contribution >= 0.6 is 0 Å². The van der Waals surface area contributed by atoms with Crippen LogP contribution in [0.15, 0.2) is 18.2 Å². The molecule has 1 amide bonds. The maximum Gasteiger partial charge on any atom is 0.310 e. The molecule has 0 heterocycles. The van der Waals surface area contributed by atoms with Crippen LogP contribution in [0.3, 0.4) is 0 Å². The van der Waals surface area contributed by atoms with Crippen LogP contribution in [0.25, 0.3) is 0 Å². The molecule has 0 bridgehead atoms. The van der Waals surface area contributed by atoms with Crippen LogP contribution in [-0.4, -0.2) is 23.6 Å². The number of amides is 1. The molecule has 1 fully saturated rings. The van der Waals surface area contributed by atoms with Gasteiger partial charge in [0.1, 0.15) is 5.75 Å². The smallest absolute Gasteiger partial charge is 0.310 e. The number of anilines is 1. The summed E-state index contributed by atoms with van der Waals surface area (Å²) in [6, 6.07) is 6.80. The van der Waals surface area contributed by atoms with Gasteiger partial charge in [-0.2, -0.15) is 5.26 Å². The normalized spacial score (nSPS) is 16.0. The Morgan fingerprint density at radius 2 is 2.04 bits per heavy atom. The van der Waals surface area contributed by atoms with E-state index in [9.17, 15) is 14.7 Å². The van der Waals surface area contributed by atoms with Gasteiger partial charge < -0.3 is 15.2 Å². The molecule has 128 valence electrons. The number of nitriles is 1. The molecule has 0 aromatic heterocycles. The Morgan fingerprint density at radius 1 is 1.33 bits per heavy atom. The summed E-state index contributed by atoms with van der Waals surface area (Å²) in [5.74, 6) is -0.804. The number of carbonyl (C=O) groups excluding carboxylic acids is 1. The molecule has 0 unspecified atom stereocenters. The second-order valence-corrected chi connectivity index (χ2v) is 6.13. The number of carboxylic acid groups (broad SMARTS) is 1. The maximum absolute atomic E-state index is 12.4. The number of hydrogen-bond donors (Lipinski definition) is 2. The first kappa shape index (κ1) is 17.8. The average molecular weight is 330 g/mol. The van der Waals surface area contributed by atoms with E-state index in [2.05, 4.69) is 5.32 Å². The largest absolute Gasteiger partial charge is 0.492 e. The highest BCUT2D eigenvalue weighted by Crippen LogP contribution is 2.40. The van der Waals surface area contributed by atoms with E-state index in [1.807, 2.05) is 13.0 Å². The molecule has 1 saturated carbocycles. The second-order valence-electron chi connectivity index (χ2n) is 6.13. The summed E-state index contributed by atoms with van der Waals surface area (Å²) in [6.45, 7) is 2.25. The minimum Gasteiger partial charge on any atom is -0.492 e. The average Bonchev–Trinajstić information content (AvgIpc) is 2.57. The number of benzene rings is 1. The summed E-state index contributed by atoms with van der Waals surface area (Å²) in [4.78, 5) is 24.1. The number of hydrogen-bond acceptors (Lipinski definition) is 4. The Bertz CT molecular complexity index is 657. The van der Waals surface area contributed by atoms with Crippen LogP contribution < -0.4 is 10.1 Å². The third-order valence-corrected chi connectivity index (χ3v) is 4.45. The van der Waals surface area contributed by atoms with Gasteiger partial charge in [-0.05, 0) is 38.0 Å². The van der Waals surface area contributed by atoms with E-state index in [0.29, 0.717) is 36.4 Å². The molecule has 6 nitrogen and oxygen atoms in total. The van der Waals surface area contributed by atoms with Gasteiger partial charge in [-0.1, -0.05) is 19.3 Å². The van der Waals surface area contributed by atoms with Gasteiger partial charge in [0.15, 0.2) is 0 Å². The number of aliphatic carboxylic acids is 1. The summed E-state index contributed by atoms with van der Waals surface area (Å²) in [6.07, 6.45) is 3.64. The van der Waals surface area contributed by atoms with Gasteiger partial charge in [0.25, 0.3) is 0 Å². The summed E-state index contributed by atoms with van der Waals surface area (Å²) in [5.41, 5.74) is -0.183. The first-order valence-corrected chi connectivity index (χ1v) is 8.21. The second kappa shape index (κ2) is 7.82. The van der Waals surface area contributed by atoms with E-state index >= 15 is 0 Å². The Hall–Kier alpha value is -2.55. The van der Waals surface area contributed by atoms with Crippen LogP contribution in [-0.2, 0) is 9.59 Å². The number of ether oxygens (including phenoxy) is 1. The van der Waals surface area contributed by atoms with Crippen molar-refractivity contribution < 1.29 is 19.4 Å². The van der Waals surface area contributed by atoms with E-state index in [1.54, 1.807) is 12.1 Å². The molecule has 0 aliphatic heterocycles. The van der Waals surface area contributed by atoms with Crippen molar-refractivity contribution in [3.05, 3.63) is 23.8 Å². The fourth-order valence-corrected chi connectivity index (χ4v) is 3.18. The molecule has 0 saturated heterocycles. The number of carboxylic acids is 1. The van der Waals surface area contributed by atoms with Crippen LogP contribution in [0.1, 0.15) is 51.0 Å². The molecular formula is C18H22N2O4. The van der Waals surface area contributed by atoms with Crippen molar-refractivity contribution in [2.45, 2.75) is 45.4 Å². The van der Waals surface area contributed by atoms with Crippen molar-refractivity contribution >= 4 is 17.6 Å². The molecule has 1 aliphatic rings. The third kappa shape index (κ3) is 4.05. The van der Waals surface area contributed by atoms with Gasteiger partial charge in [-0.15, -0.1) is 0 Å². The first-order chi connectivity index (χ1) is 11.5. The standard InChI is InChI=1S/C18H22N2O4/c1-2-24-15-7-6-13(12-19)10-14(15)20-16(21)11-18(17(22)23)8-4-3-5-9-18/h6-7,10H,2-5,8-9,11H2,1H3,(H,20,21)(H,22,23). The lowest BCUT2D eigenvalue weighted by Gasteiger charge is -2.32. The van der Waals surface area contributed by atoms with E-state index in [0.717, 1.165) is 19.3 Å². The first-order valence-electron chi connectivity index (χ1n) is 8.21. The predicted octanol–water partition coefficient (Wildman–Crippen LogP) is 3.32. The van der Waals surface area contributed by atoms with Gasteiger partial charge in [-0.25, -0.2) is 0 Å². The molecule has 0 radical (unpaired) electrons. The van der Waals surface area contributed by atoms with E-state index in [1.165, 1.54) is 6.07 Å². The van der Waals surface area contributed by atoms with Gasteiger partial charge in [0.05, 0.1) is 29.3 Å². The molecule has 0 spiro atoms. The fraction of sp³-hybridized carbons (Fsp3) is 0.500. The molecule has 1 aromatic carbocycles. The Kier molecular flexibility index (Phi) is 5.80. The van der Waals surface area contributed by atoms with Crippen molar-refractivity contribution in [3.63, 3.8) is 0 Å². The number of nitrogens with zero attached hydrogens (tertiary/aromatic N) is 1. The molecule has 6 heteroatoms. The molecule has 0 atom stereocenters. The molecule has 1 aliphatic carbocycles. The molecule has 2 rings (SSSR count). The van der Waals surface area contributed by atoms with Crippen molar-refractivity contribution in [2.75, 3.05) is 11.9 Å². The maximum atomic E-state index is 12.4.